The highest BCUT2D eigenvalue weighted by Crippen LogP contribution is 2.16. The number of sulfonamides is 1. The SMILES string of the molecule is CNCc1cc(S(=O)(=O)NCCC2CCCO2)cn1C. The fraction of sp³-hybridized carbons (Fsp3) is 0.692. The van der Waals surface area contributed by atoms with Gasteiger partial charge in [-0.15, -0.1) is 0 Å². The van der Waals surface area contributed by atoms with E-state index in [2.05, 4.69) is 10.0 Å². The molecule has 0 aromatic carbocycles. The minimum Gasteiger partial charge on any atom is -0.378 e. The molecule has 1 aromatic rings. The summed E-state index contributed by atoms with van der Waals surface area (Å²) >= 11 is 0. The Bertz CT molecular complexity index is 533. The van der Waals surface area contributed by atoms with Gasteiger partial charge in [-0.1, -0.05) is 0 Å². The number of nitrogens with zero attached hydrogens (tertiary/aromatic N) is 1. The van der Waals surface area contributed by atoms with Crippen molar-refractivity contribution in [1.82, 2.24) is 14.6 Å². The second kappa shape index (κ2) is 6.71. The zero-order valence-electron chi connectivity index (χ0n) is 12.1. The highest BCUT2D eigenvalue weighted by molar-refractivity contribution is 7.89. The van der Waals surface area contributed by atoms with Gasteiger partial charge < -0.3 is 14.6 Å². The Labute approximate surface area is 120 Å². The van der Waals surface area contributed by atoms with Gasteiger partial charge in [0, 0.05) is 38.6 Å². The molecular weight excluding hydrogens is 278 g/mol. The van der Waals surface area contributed by atoms with E-state index in [0.29, 0.717) is 18.0 Å². The van der Waals surface area contributed by atoms with Crippen LogP contribution in [-0.4, -0.2) is 39.3 Å². The Hall–Kier alpha value is -0.890. The zero-order chi connectivity index (χ0) is 14.6. The molecule has 2 heterocycles. The van der Waals surface area contributed by atoms with Gasteiger partial charge in [-0.3, -0.25) is 0 Å². The molecule has 2 N–H and O–H groups in total. The number of nitrogens with one attached hydrogen (secondary N) is 2. The lowest BCUT2D eigenvalue weighted by Gasteiger charge is -2.09. The van der Waals surface area contributed by atoms with Crippen LogP contribution in [0.4, 0.5) is 0 Å². The summed E-state index contributed by atoms with van der Waals surface area (Å²) in [5, 5.41) is 3.02. The van der Waals surface area contributed by atoms with E-state index in [1.54, 1.807) is 12.3 Å². The van der Waals surface area contributed by atoms with E-state index < -0.39 is 10.0 Å². The first-order valence-corrected chi connectivity index (χ1v) is 8.42. The van der Waals surface area contributed by atoms with E-state index in [9.17, 15) is 8.42 Å². The number of hydrogen-bond acceptors (Lipinski definition) is 4. The van der Waals surface area contributed by atoms with Crippen LogP contribution < -0.4 is 10.0 Å². The molecule has 1 aliphatic heterocycles. The maximum absolute atomic E-state index is 12.2. The van der Waals surface area contributed by atoms with Crippen LogP contribution in [0.25, 0.3) is 0 Å². The molecule has 6 nitrogen and oxygen atoms in total. The first-order valence-electron chi connectivity index (χ1n) is 6.94. The van der Waals surface area contributed by atoms with Gasteiger partial charge in [-0.2, -0.15) is 0 Å². The van der Waals surface area contributed by atoms with Crippen molar-refractivity contribution in [2.24, 2.45) is 7.05 Å². The van der Waals surface area contributed by atoms with Crippen LogP contribution in [0.5, 0.6) is 0 Å². The van der Waals surface area contributed by atoms with E-state index in [4.69, 9.17) is 4.74 Å². The molecule has 1 aromatic heterocycles. The largest absolute Gasteiger partial charge is 0.378 e. The van der Waals surface area contributed by atoms with Gasteiger partial charge in [0.05, 0.1) is 11.0 Å². The summed E-state index contributed by atoms with van der Waals surface area (Å²) in [5.74, 6) is 0. The van der Waals surface area contributed by atoms with Gasteiger partial charge >= 0.3 is 0 Å². The van der Waals surface area contributed by atoms with Crippen LogP contribution in [-0.2, 0) is 28.4 Å². The van der Waals surface area contributed by atoms with Crippen LogP contribution in [0.15, 0.2) is 17.2 Å². The maximum atomic E-state index is 12.2. The molecule has 1 unspecified atom stereocenters. The van der Waals surface area contributed by atoms with Gasteiger partial charge in [0.2, 0.25) is 10.0 Å². The molecule has 114 valence electrons. The van der Waals surface area contributed by atoms with E-state index in [1.807, 2.05) is 18.7 Å². The standard InChI is InChI=1S/C13H23N3O3S/c1-14-9-11-8-13(10-16(11)2)20(17,18)15-6-5-12-4-3-7-19-12/h8,10,12,14-15H,3-7,9H2,1-2H3. The maximum Gasteiger partial charge on any atom is 0.242 e. The minimum absolute atomic E-state index is 0.202. The third kappa shape index (κ3) is 3.82. The summed E-state index contributed by atoms with van der Waals surface area (Å²) in [5.41, 5.74) is 0.937. The molecule has 1 saturated heterocycles. The van der Waals surface area contributed by atoms with Crippen LogP contribution in [0, 0.1) is 0 Å². The van der Waals surface area contributed by atoms with Gasteiger partial charge in [0.25, 0.3) is 0 Å². The minimum atomic E-state index is -3.43. The molecule has 20 heavy (non-hydrogen) atoms. The van der Waals surface area contributed by atoms with Crippen molar-refractivity contribution >= 4 is 10.0 Å². The number of aromatic nitrogens is 1. The second-order valence-corrected chi connectivity index (χ2v) is 6.90. The van der Waals surface area contributed by atoms with Crippen molar-refractivity contribution in [3.8, 4) is 0 Å². The Balaban J connectivity index is 1.93. The number of aryl methyl sites for hydroxylation is 1. The zero-order valence-corrected chi connectivity index (χ0v) is 12.9. The number of ether oxygens (including phenoxy) is 1. The molecule has 1 atom stereocenters. The monoisotopic (exact) mass is 301 g/mol. The molecule has 2 rings (SSSR count). The first kappa shape index (κ1) is 15.5. The van der Waals surface area contributed by atoms with E-state index in [0.717, 1.165) is 31.6 Å². The molecule has 0 aliphatic carbocycles. The quantitative estimate of drug-likeness (QED) is 0.773. The Morgan fingerprint density at radius 2 is 2.30 bits per heavy atom. The Kier molecular flexibility index (Phi) is 5.20. The van der Waals surface area contributed by atoms with Crippen molar-refractivity contribution in [2.45, 2.75) is 36.8 Å². The van der Waals surface area contributed by atoms with Crippen molar-refractivity contribution in [3.05, 3.63) is 18.0 Å². The highest BCUT2D eigenvalue weighted by atomic mass is 32.2. The summed E-state index contributed by atoms with van der Waals surface area (Å²) in [6, 6.07) is 1.70. The van der Waals surface area contributed by atoms with Gasteiger partial charge in [-0.25, -0.2) is 13.1 Å². The van der Waals surface area contributed by atoms with Crippen LogP contribution in [0.2, 0.25) is 0 Å². The lowest BCUT2D eigenvalue weighted by Crippen LogP contribution is -2.27. The average Bonchev–Trinajstić information content (AvgIpc) is 3.01. The van der Waals surface area contributed by atoms with E-state index >= 15 is 0 Å². The van der Waals surface area contributed by atoms with Crippen molar-refractivity contribution < 1.29 is 13.2 Å². The second-order valence-electron chi connectivity index (χ2n) is 5.13. The van der Waals surface area contributed by atoms with Gasteiger partial charge in [-0.05, 0) is 32.4 Å². The third-order valence-corrected chi connectivity index (χ3v) is 4.96. The van der Waals surface area contributed by atoms with Crippen molar-refractivity contribution in [2.75, 3.05) is 20.2 Å². The van der Waals surface area contributed by atoms with Crippen molar-refractivity contribution in [1.29, 1.82) is 0 Å². The summed E-state index contributed by atoms with van der Waals surface area (Å²) in [7, 11) is 0.254. The van der Waals surface area contributed by atoms with Crippen LogP contribution in [0.1, 0.15) is 25.0 Å². The van der Waals surface area contributed by atoms with E-state index in [1.165, 1.54) is 0 Å². The van der Waals surface area contributed by atoms with Crippen LogP contribution in [0.3, 0.4) is 0 Å². The fourth-order valence-corrected chi connectivity index (χ4v) is 3.53. The fourth-order valence-electron chi connectivity index (χ4n) is 2.39. The lowest BCUT2D eigenvalue weighted by molar-refractivity contribution is 0.105. The molecule has 0 saturated carbocycles. The predicted molar refractivity (Wildman–Crippen MR) is 77.0 cm³/mol. The van der Waals surface area contributed by atoms with Gasteiger partial charge in [0.15, 0.2) is 0 Å². The Morgan fingerprint density at radius 1 is 1.50 bits per heavy atom. The molecular formula is C13H23N3O3S. The highest BCUT2D eigenvalue weighted by Gasteiger charge is 2.19. The molecule has 7 heteroatoms. The molecule has 0 radical (unpaired) electrons. The summed E-state index contributed by atoms with van der Waals surface area (Å²) in [6.45, 7) is 1.86. The average molecular weight is 301 g/mol. The number of hydrogen-bond donors (Lipinski definition) is 2. The summed E-state index contributed by atoms with van der Waals surface area (Å²) in [4.78, 5) is 0.317. The summed E-state index contributed by atoms with van der Waals surface area (Å²) in [6.07, 6.45) is 4.67. The smallest absolute Gasteiger partial charge is 0.242 e. The molecule has 0 amide bonds. The topological polar surface area (TPSA) is 72.4 Å². The molecule has 0 spiro atoms. The molecule has 1 aliphatic rings. The Morgan fingerprint density at radius 3 is 2.95 bits per heavy atom. The first-order chi connectivity index (χ1) is 9.53. The van der Waals surface area contributed by atoms with Gasteiger partial charge in [0.1, 0.15) is 0 Å². The lowest BCUT2D eigenvalue weighted by atomic mass is 10.2. The van der Waals surface area contributed by atoms with Crippen LogP contribution >= 0.6 is 0 Å². The molecule has 0 bridgehead atoms. The third-order valence-electron chi connectivity index (χ3n) is 3.53. The number of rotatable bonds is 7. The molecule has 1 fully saturated rings. The summed E-state index contributed by atoms with van der Waals surface area (Å²) < 4.78 is 34.3. The van der Waals surface area contributed by atoms with E-state index in [-0.39, 0.29) is 6.10 Å². The van der Waals surface area contributed by atoms with Crippen molar-refractivity contribution in [3.63, 3.8) is 0 Å². The normalized spacial score (nSPS) is 19.6. The predicted octanol–water partition coefficient (Wildman–Crippen LogP) is 0.592.